The molecular formula is C18H15NO2. The highest BCUT2D eigenvalue weighted by Gasteiger charge is 2.62. The minimum Gasteiger partial charge on any atom is -0.274 e. The molecule has 0 unspecified atom stereocenters. The van der Waals surface area contributed by atoms with E-state index in [0.717, 1.165) is 0 Å². The molecule has 21 heavy (non-hydrogen) atoms. The number of allylic oxidation sites excluding steroid dienone is 4. The van der Waals surface area contributed by atoms with E-state index in [4.69, 9.17) is 0 Å². The van der Waals surface area contributed by atoms with Gasteiger partial charge < -0.3 is 0 Å². The Morgan fingerprint density at radius 1 is 0.667 bits per heavy atom. The highest BCUT2D eigenvalue weighted by Crippen LogP contribution is 2.58. The Bertz CT molecular complexity index is 665. The topological polar surface area (TPSA) is 37.4 Å². The fraction of sp³-hybridized carbons (Fsp3) is 0.333. The van der Waals surface area contributed by atoms with Crippen molar-refractivity contribution in [2.24, 2.45) is 35.5 Å². The number of hydrogen-bond acceptors (Lipinski definition) is 2. The number of carbonyl (C=O) groups is 2. The lowest BCUT2D eigenvalue weighted by atomic mass is 9.50. The van der Waals surface area contributed by atoms with Crippen molar-refractivity contribution in [3.05, 3.63) is 54.6 Å². The predicted octanol–water partition coefficient (Wildman–Crippen LogP) is 2.41. The van der Waals surface area contributed by atoms with Crippen molar-refractivity contribution in [3.63, 3.8) is 0 Å². The van der Waals surface area contributed by atoms with Crippen molar-refractivity contribution in [1.29, 1.82) is 0 Å². The van der Waals surface area contributed by atoms with Crippen LogP contribution in [0.4, 0.5) is 5.69 Å². The third-order valence-corrected chi connectivity index (χ3v) is 5.69. The van der Waals surface area contributed by atoms with Crippen LogP contribution in [0.25, 0.3) is 0 Å². The van der Waals surface area contributed by atoms with Gasteiger partial charge in [0.05, 0.1) is 17.5 Å². The zero-order valence-corrected chi connectivity index (χ0v) is 11.4. The molecular weight excluding hydrogens is 262 g/mol. The van der Waals surface area contributed by atoms with Crippen molar-refractivity contribution < 1.29 is 9.59 Å². The van der Waals surface area contributed by atoms with Gasteiger partial charge in [-0.2, -0.15) is 0 Å². The van der Waals surface area contributed by atoms with Crippen LogP contribution in [-0.2, 0) is 9.59 Å². The monoisotopic (exact) mass is 277 g/mol. The molecule has 104 valence electrons. The average Bonchev–Trinajstić information content (AvgIpc) is 2.73. The zero-order valence-electron chi connectivity index (χ0n) is 11.4. The van der Waals surface area contributed by atoms with E-state index in [-0.39, 0.29) is 35.5 Å². The third-order valence-electron chi connectivity index (χ3n) is 5.69. The number of para-hydroxylation sites is 1. The Morgan fingerprint density at radius 3 is 1.62 bits per heavy atom. The number of benzene rings is 1. The average molecular weight is 277 g/mol. The fourth-order valence-electron chi connectivity index (χ4n) is 4.72. The van der Waals surface area contributed by atoms with Gasteiger partial charge in [-0.05, 0) is 35.8 Å². The molecule has 1 saturated carbocycles. The maximum absolute atomic E-state index is 12.9. The van der Waals surface area contributed by atoms with E-state index in [1.54, 1.807) is 0 Å². The summed E-state index contributed by atoms with van der Waals surface area (Å²) in [5.74, 6) is 1.03. The molecule has 2 bridgehead atoms. The highest BCUT2D eigenvalue weighted by atomic mass is 16.2. The molecule has 6 rings (SSSR count). The van der Waals surface area contributed by atoms with Gasteiger partial charge in [-0.3, -0.25) is 14.5 Å². The maximum Gasteiger partial charge on any atom is 0.238 e. The Labute approximate surface area is 122 Å². The van der Waals surface area contributed by atoms with Crippen LogP contribution >= 0.6 is 0 Å². The zero-order chi connectivity index (χ0) is 14.1. The first-order valence-corrected chi connectivity index (χ1v) is 7.57. The molecule has 0 N–H and O–H groups in total. The van der Waals surface area contributed by atoms with Gasteiger partial charge in [-0.25, -0.2) is 0 Å². The van der Waals surface area contributed by atoms with Crippen LogP contribution in [0.5, 0.6) is 0 Å². The summed E-state index contributed by atoms with van der Waals surface area (Å²) in [6, 6.07) is 9.33. The van der Waals surface area contributed by atoms with E-state index in [2.05, 4.69) is 24.3 Å². The molecule has 3 heteroatoms. The summed E-state index contributed by atoms with van der Waals surface area (Å²) < 4.78 is 0. The second kappa shape index (κ2) is 3.73. The van der Waals surface area contributed by atoms with Crippen LogP contribution in [0.15, 0.2) is 54.6 Å². The van der Waals surface area contributed by atoms with Gasteiger partial charge in [0.15, 0.2) is 0 Å². The Hall–Kier alpha value is -2.16. The van der Waals surface area contributed by atoms with Crippen molar-refractivity contribution in [3.8, 4) is 0 Å². The summed E-state index contributed by atoms with van der Waals surface area (Å²) in [6.45, 7) is 0. The van der Waals surface area contributed by atoms with Crippen LogP contribution < -0.4 is 4.90 Å². The first kappa shape index (κ1) is 11.5. The number of imide groups is 1. The van der Waals surface area contributed by atoms with E-state index in [1.807, 2.05) is 30.3 Å². The quantitative estimate of drug-likeness (QED) is 0.584. The van der Waals surface area contributed by atoms with E-state index in [0.29, 0.717) is 17.5 Å². The molecule has 2 fully saturated rings. The molecule has 0 spiro atoms. The number of rotatable bonds is 1. The van der Waals surface area contributed by atoms with Crippen molar-refractivity contribution >= 4 is 17.5 Å². The second-order valence-electron chi connectivity index (χ2n) is 6.48. The van der Waals surface area contributed by atoms with Gasteiger partial charge in [0.25, 0.3) is 0 Å². The van der Waals surface area contributed by atoms with Gasteiger partial charge >= 0.3 is 0 Å². The Morgan fingerprint density at radius 2 is 1.14 bits per heavy atom. The van der Waals surface area contributed by atoms with Gasteiger partial charge in [-0.1, -0.05) is 42.5 Å². The molecule has 0 aromatic heterocycles. The third kappa shape index (κ3) is 1.25. The largest absolute Gasteiger partial charge is 0.274 e. The fourth-order valence-corrected chi connectivity index (χ4v) is 4.72. The minimum absolute atomic E-state index is 0.00528. The van der Waals surface area contributed by atoms with E-state index < -0.39 is 0 Å². The number of hydrogen-bond donors (Lipinski definition) is 0. The van der Waals surface area contributed by atoms with Gasteiger partial charge in [-0.15, -0.1) is 0 Å². The van der Waals surface area contributed by atoms with Gasteiger partial charge in [0, 0.05) is 0 Å². The molecule has 6 atom stereocenters. The molecule has 5 aliphatic rings. The first-order valence-electron chi connectivity index (χ1n) is 7.57. The standard InChI is InChI=1S/C18H15NO2/c20-17-15-13-8-9-14(12-7-6-11(12)13)16(15)18(21)19(17)10-4-2-1-3-5-10/h1-9,11-16H/t11-,12-,13-,14+,15-,16-/m0/s1. The number of carbonyl (C=O) groups excluding carboxylic acids is 2. The normalized spacial score (nSPS) is 42.0. The molecule has 4 aliphatic carbocycles. The Kier molecular flexibility index (Phi) is 2.04. The summed E-state index contributed by atoms with van der Waals surface area (Å²) in [4.78, 5) is 27.2. The first-order chi connectivity index (χ1) is 10.3. The van der Waals surface area contributed by atoms with Crippen LogP contribution in [0.3, 0.4) is 0 Å². The number of amides is 2. The smallest absolute Gasteiger partial charge is 0.238 e. The molecule has 1 aliphatic heterocycles. The van der Waals surface area contributed by atoms with Crippen LogP contribution in [0.1, 0.15) is 0 Å². The summed E-state index contributed by atoms with van der Waals surface area (Å²) in [7, 11) is 0. The SMILES string of the molecule is O=C1[C@H]2[C@@H]3C=C[C@@H]([C@H]4C=C[C@@H]43)[C@@H]2C(=O)N1c1ccccc1. The second-order valence-corrected chi connectivity index (χ2v) is 6.48. The number of anilines is 1. The lowest BCUT2D eigenvalue weighted by molar-refractivity contribution is -0.127. The molecule has 3 nitrogen and oxygen atoms in total. The van der Waals surface area contributed by atoms with Crippen molar-refractivity contribution in [1.82, 2.24) is 0 Å². The van der Waals surface area contributed by atoms with Crippen molar-refractivity contribution in [2.45, 2.75) is 0 Å². The molecule has 1 aromatic rings. The predicted molar refractivity (Wildman–Crippen MR) is 78.2 cm³/mol. The van der Waals surface area contributed by atoms with E-state index >= 15 is 0 Å². The maximum atomic E-state index is 12.9. The van der Waals surface area contributed by atoms with Gasteiger partial charge in [0.2, 0.25) is 11.8 Å². The molecule has 2 amide bonds. The summed E-state index contributed by atoms with van der Waals surface area (Å²) >= 11 is 0. The molecule has 0 radical (unpaired) electrons. The minimum atomic E-state index is -0.154. The van der Waals surface area contributed by atoms with Crippen molar-refractivity contribution in [2.75, 3.05) is 4.90 Å². The summed E-state index contributed by atoms with van der Waals surface area (Å²) in [5.41, 5.74) is 0.710. The molecule has 1 heterocycles. The molecule has 1 aromatic carbocycles. The van der Waals surface area contributed by atoms with Crippen LogP contribution in [-0.4, -0.2) is 11.8 Å². The van der Waals surface area contributed by atoms with E-state index in [9.17, 15) is 9.59 Å². The highest BCUT2D eigenvalue weighted by molar-refractivity contribution is 6.22. The summed E-state index contributed by atoms with van der Waals surface area (Å²) in [6.07, 6.45) is 8.78. The van der Waals surface area contributed by atoms with E-state index in [1.165, 1.54) is 4.90 Å². The van der Waals surface area contributed by atoms with Crippen LogP contribution in [0, 0.1) is 35.5 Å². The Balaban J connectivity index is 1.61. The molecule has 1 saturated heterocycles. The summed E-state index contributed by atoms with van der Waals surface area (Å²) in [5, 5.41) is 0. The number of nitrogens with zero attached hydrogens (tertiary/aromatic N) is 1. The lowest BCUT2D eigenvalue weighted by Gasteiger charge is -2.51. The lowest BCUT2D eigenvalue weighted by Crippen LogP contribution is -2.50. The van der Waals surface area contributed by atoms with Crippen LogP contribution in [0.2, 0.25) is 0 Å². The van der Waals surface area contributed by atoms with Gasteiger partial charge in [0.1, 0.15) is 0 Å².